The van der Waals surface area contributed by atoms with Gasteiger partial charge in [0.2, 0.25) is 0 Å². The summed E-state index contributed by atoms with van der Waals surface area (Å²) in [7, 11) is 0. The topological polar surface area (TPSA) is 15.3 Å². The second-order valence-electron chi connectivity index (χ2n) is 7.33. The lowest BCUT2D eigenvalue weighted by Gasteiger charge is -2.20. The molecular weight excluding hydrogens is 220 g/mol. The molecule has 0 aromatic carbocycles. The zero-order valence-corrected chi connectivity index (χ0v) is 11.8. The Balaban J connectivity index is 1.28. The lowest BCUT2D eigenvalue weighted by Crippen LogP contribution is -2.30. The van der Waals surface area contributed by atoms with Crippen LogP contribution in [-0.4, -0.2) is 37.1 Å². The van der Waals surface area contributed by atoms with Crippen LogP contribution in [0.15, 0.2) is 0 Å². The third kappa shape index (κ3) is 1.76. The molecule has 5 unspecified atom stereocenters. The summed E-state index contributed by atoms with van der Waals surface area (Å²) in [6, 6.07) is 1.03. The molecule has 0 aromatic rings. The van der Waals surface area contributed by atoms with Crippen molar-refractivity contribution < 1.29 is 0 Å². The highest BCUT2D eigenvalue weighted by atomic mass is 15.2. The standard InChI is InChI=1S/C16H28N2/c1-2-6-17-9-11-5-7-18(10-11)16-14-12-3-4-13(8-12)15(14)16/h11-17H,2-10H2,1H3. The van der Waals surface area contributed by atoms with Gasteiger partial charge in [-0.05, 0) is 81.3 Å². The average Bonchev–Trinajstić information content (AvgIpc) is 2.77. The Morgan fingerprint density at radius 1 is 1.11 bits per heavy atom. The Hall–Kier alpha value is -0.0800. The monoisotopic (exact) mass is 248 g/mol. The minimum Gasteiger partial charge on any atom is -0.316 e. The summed E-state index contributed by atoms with van der Waals surface area (Å²) in [4.78, 5) is 2.87. The van der Waals surface area contributed by atoms with E-state index >= 15 is 0 Å². The number of hydrogen-bond donors (Lipinski definition) is 1. The maximum Gasteiger partial charge on any atom is 0.0164 e. The van der Waals surface area contributed by atoms with Gasteiger partial charge in [0.25, 0.3) is 0 Å². The van der Waals surface area contributed by atoms with E-state index in [0.717, 1.165) is 35.6 Å². The Morgan fingerprint density at radius 2 is 1.89 bits per heavy atom. The zero-order valence-electron chi connectivity index (χ0n) is 11.8. The molecule has 18 heavy (non-hydrogen) atoms. The van der Waals surface area contributed by atoms with Gasteiger partial charge in [-0.25, -0.2) is 0 Å². The first-order valence-electron chi connectivity index (χ1n) is 8.33. The molecule has 3 saturated carbocycles. The van der Waals surface area contributed by atoms with Gasteiger partial charge in [0, 0.05) is 12.6 Å². The second-order valence-corrected chi connectivity index (χ2v) is 7.33. The second kappa shape index (κ2) is 4.49. The molecular formula is C16H28N2. The van der Waals surface area contributed by atoms with Crippen LogP contribution in [0.25, 0.3) is 0 Å². The van der Waals surface area contributed by atoms with E-state index in [0.29, 0.717) is 0 Å². The average molecular weight is 248 g/mol. The van der Waals surface area contributed by atoms with Crippen molar-refractivity contribution >= 4 is 0 Å². The highest BCUT2D eigenvalue weighted by Crippen LogP contribution is 2.67. The predicted molar refractivity (Wildman–Crippen MR) is 74.4 cm³/mol. The Labute approximate surface area is 111 Å². The van der Waals surface area contributed by atoms with E-state index < -0.39 is 0 Å². The molecule has 1 heterocycles. The van der Waals surface area contributed by atoms with Crippen LogP contribution in [0.4, 0.5) is 0 Å². The fourth-order valence-corrected chi connectivity index (χ4v) is 5.55. The molecule has 0 aromatic heterocycles. The minimum absolute atomic E-state index is 0.940. The molecule has 1 saturated heterocycles. The SMILES string of the molecule is CCCNCC1CCN(C2C3C4CCC(C4)C32)C1. The van der Waals surface area contributed by atoms with Crippen LogP contribution in [-0.2, 0) is 0 Å². The van der Waals surface area contributed by atoms with Crippen LogP contribution in [0.2, 0.25) is 0 Å². The third-order valence-corrected chi connectivity index (χ3v) is 6.29. The fraction of sp³-hybridized carbons (Fsp3) is 1.00. The molecule has 1 aliphatic heterocycles. The summed E-state index contributed by atoms with van der Waals surface area (Å²) in [5, 5.41) is 3.61. The fourth-order valence-electron chi connectivity index (χ4n) is 5.55. The van der Waals surface area contributed by atoms with Gasteiger partial charge in [0.15, 0.2) is 0 Å². The van der Waals surface area contributed by atoms with Gasteiger partial charge >= 0.3 is 0 Å². The summed E-state index contributed by atoms with van der Waals surface area (Å²) in [5.74, 6) is 5.51. The van der Waals surface area contributed by atoms with Gasteiger partial charge in [0.1, 0.15) is 0 Å². The molecule has 2 nitrogen and oxygen atoms in total. The van der Waals surface area contributed by atoms with Crippen molar-refractivity contribution in [3.8, 4) is 0 Å². The quantitative estimate of drug-likeness (QED) is 0.751. The number of nitrogens with zero attached hydrogens (tertiary/aromatic N) is 1. The predicted octanol–water partition coefficient (Wildman–Crippen LogP) is 2.35. The number of likely N-dealkylation sites (tertiary alicyclic amines) is 1. The van der Waals surface area contributed by atoms with E-state index in [-0.39, 0.29) is 0 Å². The Morgan fingerprint density at radius 3 is 2.61 bits per heavy atom. The molecule has 4 fully saturated rings. The summed E-state index contributed by atoms with van der Waals surface area (Å²) in [6.07, 6.45) is 7.45. The van der Waals surface area contributed by atoms with E-state index in [2.05, 4.69) is 17.1 Å². The first-order valence-corrected chi connectivity index (χ1v) is 8.33. The molecule has 4 rings (SSSR count). The number of fused-ring (bicyclic) bond motifs is 5. The summed E-state index contributed by atoms with van der Waals surface area (Å²) < 4.78 is 0. The molecule has 1 N–H and O–H groups in total. The lowest BCUT2D eigenvalue weighted by molar-refractivity contribution is 0.257. The van der Waals surface area contributed by atoms with E-state index in [4.69, 9.17) is 0 Å². The van der Waals surface area contributed by atoms with Gasteiger partial charge in [-0.3, -0.25) is 4.90 Å². The van der Waals surface area contributed by atoms with Crippen LogP contribution >= 0.6 is 0 Å². The van der Waals surface area contributed by atoms with Crippen LogP contribution in [0, 0.1) is 29.6 Å². The van der Waals surface area contributed by atoms with Crippen LogP contribution in [0.3, 0.4) is 0 Å². The molecule has 102 valence electrons. The highest BCUT2D eigenvalue weighted by molar-refractivity contribution is 5.18. The molecule has 4 aliphatic rings. The number of hydrogen-bond acceptors (Lipinski definition) is 2. The smallest absolute Gasteiger partial charge is 0.0164 e. The van der Waals surface area contributed by atoms with E-state index in [1.54, 1.807) is 19.3 Å². The largest absolute Gasteiger partial charge is 0.316 e. The maximum atomic E-state index is 3.61. The Bertz CT molecular complexity index is 300. The van der Waals surface area contributed by atoms with Gasteiger partial charge in [-0.1, -0.05) is 6.92 Å². The first kappa shape index (κ1) is 11.7. The third-order valence-electron chi connectivity index (χ3n) is 6.29. The molecule has 5 atom stereocenters. The van der Waals surface area contributed by atoms with Crippen molar-refractivity contribution in [3.05, 3.63) is 0 Å². The van der Waals surface area contributed by atoms with Gasteiger partial charge in [-0.15, -0.1) is 0 Å². The van der Waals surface area contributed by atoms with Crippen LogP contribution < -0.4 is 5.32 Å². The van der Waals surface area contributed by atoms with Crippen LogP contribution in [0.5, 0.6) is 0 Å². The minimum atomic E-state index is 0.940. The molecule has 0 amide bonds. The molecule has 0 spiro atoms. The Kier molecular flexibility index (Phi) is 2.92. The van der Waals surface area contributed by atoms with Crippen molar-refractivity contribution in [3.63, 3.8) is 0 Å². The molecule has 3 aliphatic carbocycles. The molecule has 0 radical (unpaired) electrons. The van der Waals surface area contributed by atoms with Gasteiger partial charge in [0.05, 0.1) is 0 Å². The summed E-state index contributed by atoms with van der Waals surface area (Å²) >= 11 is 0. The van der Waals surface area contributed by atoms with Crippen molar-refractivity contribution in [2.24, 2.45) is 29.6 Å². The summed E-state index contributed by atoms with van der Waals surface area (Å²) in [6.45, 7) is 7.52. The van der Waals surface area contributed by atoms with Crippen molar-refractivity contribution in [2.75, 3.05) is 26.2 Å². The number of nitrogens with one attached hydrogen (secondary N) is 1. The molecule has 2 heteroatoms. The molecule has 2 bridgehead atoms. The van der Waals surface area contributed by atoms with E-state index in [1.807, 2.05) is 0 Å². The van der Waals surface area contributed by atoms with Crippen molar-refractivity contribution in [2.45, 2.75) is 45.1 Å². The summed E-state index contributed by atoms with van der Waals surface area (Å²) in [5.41, 5.74) is 0. The van der Waals surface area contributed by atoms with E-state index in [9.17, 15) is 0 Å². The lowest BCUT2D eigenvalue weighted by atomic mass is 10.0. The van der Waals surface area contributed by atoms with Crippen molar-refractivity contribution in [1.82, 2.24) is 10.2 Å². The van der Waals surface area contributed by atoms with Gasteiger partial charge < -0.3 is 5.32 Å². The number of rotatable bonds is 5. The van der Waals surface area contributed by atoms with E-state index in [1.165, 1.54) is 39.0 Å². The van der Waals surface area contributed by atoms with Crippen molar-refractivity contribution in [1.29, 1.82) is 0 Å². The normalized spacial score (nSPS) is 49.8. The first-order chi connectivity index (χ1) is 8.88. The zero-order chi connectivity index (χ0) is 12.1. The maximum absolute atomic E-state index is 3.61. The highest BCUT2D eigenvalue weighted by Gasteiger charge is 2.66. The van der Waals surface area contributed by atoms with Crippen LogP contribution in [0.1, 0.15) is 39.0 Å². The van der Waals surface area contributed by atoms with Gasteiger partial charge in [-0.2, -0.15) is 0 Å².